The molecule has 7 heteroatoms. The van der Waals surface area contributed by atoms with Gasteiger partial charge in [0.2, 0.25) is 5.91 Å². The van der Waals surface area contributed by atoms with Crippen LogP contribution in [-0.2, 0) is 4.79 Å². The van der Waals surface area contributed by atoms with Crippen LogP contribution in [0.1, 0.15) is 30.4 Å². The number of amides is 2. The van der Waals surface area contributed by atoms with Gasteiger partial charge in [0.05, 0.1) is 11.6 Å². The molecule has 0 bridgehead atoms. The van der Waals surface area contributed by atoms with Crippen molar-refractivity contribution in [1.82, 2.24) is 20.1 Å². The Morgan fingerprint density at radius 3 is 2.67 bits per heavy atom. The highest BCUT2D eigenvalue weighted by Crippen LogP contribution is 2.18. The summed E-state index contributed by atoms with van der Waals surface area (Å²) in [7, 11) is 0. The number of halogens is 1. The average molecular weight is 313 g/mol. The van der Waals surface area contributed by atoms with Crippen molar-refractivity contribution in [1.29, 1.82) is 0 Å². The molecule has 1 aliphatic heterocycles. The molecule has 0 radical (unpaired) electrons. The number of hydrogen-bond donors (Lipinski definition) is 2. The van der Waals surface area contributed by atoms with Crippen molar-refractivity contribution in [2.75, 3.05) is 32.7 Å². The van der Waals surface area contributed by atoms with Gasteiger partial charge >= 0.3 is 0 Å². The molecular weight excluding hydrogens is 292 g/mol. The van der Waals surface area contributed by atoms with E-state index in [9.17, 15) is 9.59 Å². The Labute approximate surface area is 129 Å². The number of rotatable bonds is 4. The second-order valence-corrected chi connectivity index (χ2v) is 5.79. The minimum absolute atomic E-state index is 0.0136. The Kier molecular flexibility index (Phi) is 5.25. The molecule has 21 heavy (non-hydrogen) atoms. The summed E-state index contributed by atoms with van der Waals surface area (Å²) >= 11 is 5.96. The number of carbonyl (C=O) groups excluding carboxylic acids is 2. The average Bonchev–Trinajstić information content (AvgIpc) is 2.87. The number of hydrogen-bond acceptors (Lipinski definition) is 3. The van der Waals surface area contributed by atoms with E-state index in [4.69, 9.17) is 11.6 Å². The number of carbonyl (C=O) groups is 2. The molecule has 0 aliphatic carbocycles. The van der Waals surface area contributed by atoms with Crippen LogP contribution in [0.25, 0.3) is 0 Å². The van der Waals surface area contributed by atoms with E-state index in [1.165, 1.54) is 0 Å². The van der Waals surface area contributed by atoms with Crippen LogP contribution in [0.3, 0.4) is 0 Å². The third-order valence-corrected chi connectivity index (χ3v) is 3.68. The van der Waals surface area contributed by atoms with Crippen molar-refractivity contribution in [2.24, 2.45) is 0 Å². The van der Waals surface area contributed by atoms with Gasteiger partial charge in [-0.05, 0) is 19.9 Å². The molecule has 0 unspecified atom stereocenters. The molecule has 1 aromatic rings. The van der Waals surface area contributed by atoms with Crippen molar-refractivity contribution >= 4 is 23.4 Å². The summed E-state index contributed by atoms with van der Waals surface area (Å²) < 4.78 is 1.80. The highest BCUT2D eigenvalue weighted by Gasteiger charge is 2.19. The number of aromatic nitrogens is 1. The first-order chi connectivity index (χ1) is 9.99. The summed E-state index contributed by atoms with van der Waals surface area (Å²) in [6.45, 7) is 6.92. The van der Waals surface area contributed by atoms with Crippen molar-refractivity contribution in [3.63, 3.8) is 0 Å². The molecule has 1 aromatic heterocycles. The minimum atomic E-state index is -0.279. The first-order valence-corrected chi connectivity index (χ1v) is 7.51. The van der Waals surface area contributed by atoms with Gasteiger partial charge in [-0.25, -0.2) is 0 Å². The highest BCUT2D eigenvalue weighted by molar-refractivity contribution is 6.31. The molecule has 0 atom stereocenters. The van der Waals surface area contributed by atoms with Crippen molar-refractivity contribution < 1.29 is 9.59 Å². The maximum absolute atomic E-state index is 12.2. The van der Waals surface area contributed by atoms with Crippen LogP contribution in [-0.4, -0.2) is 54.0 Å². The number of nitrogens with zero attached hydrogens (tertiary/aromatic N) is 2. The second-order valence-electron chi connectivity index (χ2n) is 5.36. The number of nitrogens with one attached hydrogen (secondary N) is 2. The van der Waals surface area contributed by atoms with E-state index < -0.39 is 0 Å². The van der Waals surface area contributed by atoms with Gasteiger partial charge in [-0.15, -0.1) is 0 Å². The summed E-state index contributed by atoms with van der Waals surface area (Å²) in [5.74, 6) is -0.335. The highest BCUT2D eigenvalue weighted by atomic mass is 35.5. The second kappa shape index (κ2) is 6.95. The minimum Gasteiger partial charge on any atom is -0.342 e. The van der Waals surface area contributed by atoms with Gasteiger partial charge < -0.3 is 20.1 Å². The monoisotopic (exact) mass is 312 g/mol. The summed E-state index contributed by atoms with van der Waals surface area (Å²) in [4.78, 5) is 26.0. The van der Waals surface area contributed by atoms with Gasteiger partial charge in [-0.3, -0.25) is 9.59 Å². The topological polar surface area (TPSA) is 66.4 Å². The van der Waals surface area contributed by atoms with E-state index in [0.29, 0.717) is 23.8 Å². The van der Waals surface area contributed by atoms with E-state index in [2.05, 4.69) is 10.6 Å². The van der Waals surface area contributed by atoms with E-state index >= 15 is 0 Å². The van der Waals surface area contributed by atoms with Crippen LogP contribution in [0.15, 0.2) is 12.3 Å². The smallest absolute Gasteiger partial charge is 0.268 e. The normalized spacial score (nSPS) is 15.3. The van der Waals surface area contributed by atoms with Crippen LogP contribution in [0.5, 0.6) is 0 Å². The molecule has 1 saturated heterocycles. The predicted molar refractivity (Wildman–Crippen MR) is 81.6 cm³/mol. The first kappa shape index (κ1) is 15.9. The molecule has 0 spiro atoms. The molecule has 2 amide bonds. The fourth-order valence-corrected chi connectivity index (χ4v) is 2.54. The first-order valence-electron chi connectivity index (χ1n) is 7.13. The van der Waals surface area contributed by atoms with E-state index in [1.54, 1.807) is 21.7 Å². The van der Waals surface area contributed by atoms with E-state index in [0.717, 1.165) is 13.1 Å². The molecule has 2 heterocycles. The zero-order valence-corrected chi connectivity index (χ0v) is 13.1. The molecule has 0 saturated carbocycles. The standard InChI is InChI=1S/C14H21ClN4O2/c1-10(2)19-9-11(15)7-12(19)14(21)17-8-13(20)18-5-3-16-4-6-18/h7,9-10,16H,3-6,8H2,1-2H3,(H,17,21). The largest absolute Gasteiger partial charge is 0.342 e. The van der Waals surface area contributed by atoms with Gasteiger partial charge in [-0.1, -0.05) is 11.6 Å². The molecule has 1 fully saturated rings. The van der Waals surface area contributed by atoms with Crippen LogP contribution in [0, 0.1) is 0 Å². The molecule has 1 aliphatic rings. The van der Waals surface area contributed by atoms with Crippen molar-refractivity contribution in [2.45, 2.75) is 19.9 Å². The van der Waals surface area contributed by atoms with Crippen molar-refractivity contribution in [3.05, 3.63) is 23.0 Å². The zero-order chi connectivity index (χ0) is 15.4. The fourth-order valence-electron chi connectivity index (χ4n) is 2.33. The van der Waals surface area contributed by atoms with Crippen LogP contribution >= 0.6 is 11.6 Å². The maximum atomic E-state index is 12.2. The maximum Gasteiger partial charge on any atom is 0.268 e. The van der Waals surface area contributed by atoms with Crippen LogP contribution in [0.4, 0.5) is 0 Å². The molecular formula is C14H21ClN4O2. The van der Waals surface area contributed by atoms with E-state index in [1.807, 2.05) is 13.8 Å². The zero-order valence-electron chi connectivity index (χ0n) is 12.4. The van der Waals surface area contributed by atoms with Gasteiger partial charge in [-0.2, -0.15) is 0 Å². The molecule has 116 valence electrons. The van der Waals surface area contributed by atoms with Gasteiger partial charge in [0.25, 0.3) is 5.91 Å². The Bertz CT molecular complexity index is 521. The third-order valence-electron chi connectivity index (χ3n) is 3.47. The molecule has 2 N–H and O–H groups in total. The Morgan fingerprint density at radius 2 is 2.05 bits per heavy atom. The Balaban J connectivity index is 1.94. The summed E-state index contributed by atoms with van der Waals surface area (Å²) in [5, 5.41) is 6.37. The van der Waals surface area contributed by atoms with E-state index in [-0.39, 0.29) is 24.4 Å². The lowest BCUT2D eigenvalue weighted by molar-refractivity contribution is -0.130. The van der Waals surface area contributed by atoms with Crippen molar-refractivity contribution in [3.8, 4) is 0 Å². The predicted octanol–water partition coefficient (Wildman–Crippen LogP) is 0.884. The quantitative estimate of drug-likeness (QED) is 0.867. The summed E-state index contributed by atoms with van der Waals surface area (Å²) in [6.07, 6.45) is 1.72. The lowest BCUT2D eigenvalue weighted by Gasteiger charge is -2.27. The molecule has 6 nitrogen and oxygen atoms in total. The van der Waals surface area contributed by atoms with Crippen LogP contribution < -0.4 is 10.6 Å². The van der Waals surface area contributed by atoms with Crippen LogP contribution in [0.2, 0.25) is 5.02 Å². The lowest BCUT2D eigenvalue weighted by atomic mass is 10.3. The summed E-state index contributed by atoms with van der Waals surface area (Å²) in [5.41, 5.74) is 0.475. The van der Waals surface area contributed by atoms with Gasteiger partial charge in [0, 0.05) is 38.4 Å². The fraction of sp³-hybridized carbons (Fsp3) is 0.571. The Morgan fingerprint density at radius 1 is 1.38 bits per heavy atom. The lowest BCUT2D eigenvalue weighted by Crippen LogP contribution is -2.49. The number of piperazine rings is 1. The third kappa shape index (κ3) is 3.98. The SMILES string of the molecule is CC(C)n1cc(Cl)cc1C(=O)NCC(=O)N1CCNCC1. The summed E-state index contributed by atoms with van der Waals surface area (Å²) in [6, 6.07) is 1.74. The van der Waals surface area contributed by atoms with Gasteiger partial charge in [0.1, 0.15) is 5.69 Å². The Hall–Kier alpha value is -1.53. The molecule has 0 aromatic carbocycles. The molecule has 2 rings (SSSR count). The van der Waals surface area contributed by atoms with Gasteiger partial charge in [0.15, 0.2) is 0 Å².